The van der Waals surface area contributed by atoms with Crippen molar-refractivity contribution in [2.24, 2.45) is 16.2 Å². The number of rotatable bonds is 20. The van der Waals surface area contributed by atoms with Crippen LogP contribution in [0.2, 0.25) is 0 Å². The van der Waals surface area contributed by atoms with Crippen LogP contribution in [0.3, 0.4) is 0 Å². The summed E-state index contributed by atoms with van der Waals surface area (Å²) in [5.41, 5.74) is -3.16. The molecule has 0 aromatic heterocycles. The first-order chi connectivity index (χ1) is 18.0. The number of aliphatic hydroxyl groups excluding tert-OH is 6. The Morgan fingerprint density at radius 2 is 0.816 bits per heavy atom. The first kappa shape index (κ1) is 37.5. The molecule has 0 bridgehead atoms. The van der Waals surface area contributed by atoms with Crippen molar-refractivity contribution in [1.29, 1.82) is 0 Å². The molecule has 0 spiro atoms. The number of carbonyl (C=O) groups excluding carboxylic acids is 3. The number of aliphatic hydroxyl groups is 6. The molecule has 38 heavy (non-hydrogen) atoms. The van der Waals surface area contributed by atoms with Crippen molar-refractivity contribution < 1.29 is 64.0 Å². The summed E-state index contributed by atoms with van der Waals surface area (Å²) in [6, 6.07) is 0. The van der Waals surface area contributed by atoms with Gasteiger partial charge in [-0.15, -0.1) is 0 Å². The van der Waals surface area contributed by atoms with E-state index >= 15 is 0 Å². The molecule has 0 unspecified atom stereocenters. The Hall–Kier alpha value is -2.65. The summed E-state index contributed by atoms with van der Waals surface area (Å²) < 4.78 is 20.1. The van der Waals surface area contributed by atoms with Crippen LogP contribution >= 0.6 is 0 Å². The maximum atomic E-state index is 11.2. The number of carbonyl (C=O) groups is 3. The van der Waals surface area contributed by atoms with Gasteiger partial charge in [0.1, 0.15) is 19.8 Å². The van der Waals surface area contributed by atoms with E-state index < -0.39 is 73.8 Å². The van der Waals surface area contributed by atoms with Gasteiger partial charge in [-0.2, -0.15) is 0 Å². The van der Waals surface area contributed by atoms with Gasteiger partial charge in [0.2, 0.25) is 0 Å². The van der Waals surface area contributed by atoms with Crippen LogP contribution in [0.1, 0.15) is 13.3 Å². The van der Waals surface area contributed by atoms with Gasteiger partial charge < -0.3 is 49.6 Å². The van der Waals surface area contributed by atoms with Gasteiger partial charge in [0.15, 0.2) is 0 Å². The molecule has 0 atom stereocenters. The average Bonchev–Trinajstić information content (AvgIpc) is 2.97. The van der Waals surface area contributed by atoms with Gasteiger partial charge in [0, 0.05) is 18.2 Å². The SMILES string of the molecule is C=CC(=O)OCC(CC)(COC(=O)C=C)COC(=O)C=C.OCC(CO)(CO)COCC(CO)(CO)CO. The third-order valence-electron chi connectivity index (χ3n) is 5.64. The first-order valence-electron chi connectivity index (χ1n) is 11.6. The second kappa shape index (κ2) is 20.3. The van der Waals surface area contributed by atoms with E-state index in [9.17, 15) is 14.4 Å². The molecule has 0 radical (unpaired) electrons. The average molecular weight is 551 g/mol. The smallest absolute Gasteiger partial charge is 0.330 e. The maximum absolute atomic E-state index is 11.2. The van der Waals surface area contributed by atoms with Gasteiger partial charge in [-0.1, -0.05) is 26.7 Å². The summed E-state index contributed by atoms with van der Waals surface area (Å²) in [6.45, 7) is 8.42. The molecular weight excluding hydrogens is 508 g/mol. The van der Waals surface area contributed by atoms with E-state index in [1.807, 2.05) is 0 Å². The number of hydrogen-bond acceptors (Lipinski definition) is 13. The minimum Gasteiger partial charge on any atom is -0.462 e. The molecule has 0 saturated heterocycles. The van der Waals surface area contributed by atoms with Crippen LogP contribution in [-0.2, 0) is 33.3 Å². The fourth-order valence-corrected chi connectivity index (χ4v) is 2.34. The van der Waals surface area contributed by atoms with Crippen molar-refractivity contribution in [2.45, 2.75) is 13.3 Å². The van der Waals surface area contributed by atoms with E-state index in [0.29, 0.717) is 6.42 Å². The zero-order valence-corrected chi connectivity index (χ0v) is 21.9. The largest absolute Gasteiger partial charge is 0.462 e. The Bertz CT molecular complexity index is 630. The van der Waals surface area contributed by atoms with E-state index in [0.717, 1.165) is 18.2 Å². The second-order valence-electron chi connectivity index (χ2n) is 8.73. The van der Waals surface area contributed by atoms with Gasteiger partial charge in [0.05, 0.1) is 69.1 Å². The van der Waals surface area contributed by atoms with E-state index in [1.54, 1.807) is 6.92 Å². The van der Waals surface area contributed by atoms with Crippen molar-refractivity contribution in [1.82, 2.24) is 0 Å². The van der Waals surface area contributed by atoms with Crippen LogP contribution in [0.25, 0.3) is 0 Å². The van der Waals surface area contributed by atoms with Gasteiger partial charge in [-0.3, -0.25) is 0 Å². The lowest BCUT2D eigenvalue weighted by molar-refractivity contribution is -0.156. The van der Waals surface area contributed by atoms with E-state index in [2.05, 4.69) is 19.7 Å². The molecule has 0 rings (SSSR count). The van der Waals surface area contributed by atoms with Crippen molar-refractivity contribution in [3.8, 4) is 0 Å². The standard InChI is InChI=1S/C15H20O6.C10H22O7/c1-5-12(16)19-9-15(8-4,10-20-13(17)6-2)11-21-14(18)7-3;11-1-9(2-12,3-13)7-17-8-10(4-14,5-15)6-16/h5-7H,1-3,8-11H2,4H3;11-16H,1-8H2. The zero-order valence-electron chi connectivity index (χ0n) is 21.9. The fourth-order valence-electron chi connectivity index (χ4n) is 2.34. The topological polar surface area (TPSA) is 210 Å². The number of ether oxygens (including phenoxy) is 4. The second-order valence-corrected chi connectivity index (χ2v) is 8.73. The minimum atomic E-state index is -1.16. The molecule has 0 fully saturated rings. The highest BCUT2D eigenvalue weighted by atomic mass is 16.6. The molecular formula is C25H42O13. The highest BCUT2D eigenvalue weighted by Gasteiger charge is 2.34. The normalized spacial score (nSPS) is 11.4. The van der Waals surface area contributed by atoms with Crippen molar-refractivity contribution >= 4 is 17.9 Å². The molecule has 6 N–H and O–H groups in total. The third-order valence-corrected chi connectivity index (χ3v) is 5.64. The number of esters is 3. The fraction of sp³-hybridized carbons (Fsp3) is 0.640. The Morgan fingerprint density at radius 3 is 1.00 bits per heavy atom. The van der Waals surface area contributed by atoms with Gasteiger partial charge in [0.25, 0.3) is 0 Å². The third kappa shape index (κ3) is 13.8. The van der Waals surface area contributed by atoms with Gasteiger partial charge >= 0.3 is 17.9 Å². The van der Waals surface area contributed by atoms with Crippen LogP contribution in [0, 0.1) is 16.2 Å². The van der Waals surface area contributed by atoms with Crippen LogP contribution in [-0.4, -0.2) is 121 Å². The molecule has 0 aliphatic heterocycles. The Balaban J connectivity index is 0. The van der Waals surface area contributed by atoms with Crippen molar-refractivity contribution in [3.63, 3.8) is 0 Å². The predicted molar refractivity (Wildman–Crippen MR) is 134 cm³/mol. The molecule has 0 saturated carbocycles. The van der Waals surface area contributed by atoms with Crippen molar-refractivity contribution in [3.05, 3.63) is 38.0 Å². The van der Waals surface area contributed by atoms with E-state index in [1.165, 1.54) is 0 Å². The van der Waals surface area contributed by atoms with Crippen LogP contribution < -0.4 is 0 Å². The van der Waals surface area contributed by atoms with E-state index in [4.69, 9.17) is 49.6 Å². The van der Waals surface area contributed by atoms with Crippen LogP contribution in [0.4, 0.5) is 0 Å². The molecule has 13 nitrogen and oxygen atoms in total. The summed E-state index contributed by atoms with van der Waals surface area (Å²) in [6.07, 6.45) is 3.51. The number of hydrogen-bond donors (Lipinski definition) is 6. The summed E-state index contributed by atoms with van der Waals surface area (Å²) >= 11 is 0. The molecule has 0 aromatic carbocycles. The quantitative estimate of drug-likeness (QED) is 0.0580. The summed E-state index contributed by atoms with van der Waals surface area (Å²) in [4.78, 5) is 33.5. The molecule has 13 heteroatoms. The molecule has 220 valence electrons. The molecule has 0 aliphatic carbocycles. The summed E-state index contributed by atoms with van der Waals surface area (Å²) in [7, 11) is 0. The van der Waals surface area contributed by atoms with Gasteiger partial charge in [-0.25, -0.2) is 14.4 Å². The maximum Gasteiger partial charge on any atom is 0.330 e. The molecule has 0 aliphatic rings. The Labute approximate surface area is 222 Å². The monoisotopic (exact) mass is 550 g/mol. The Morgan fingerprint density at radius 1 is 0.553 bits per heavy atom. The molecule has 0 heterocycles. The Kier molecular flexibility index (Phi) is 20.1. The highest BCUT2D eigenvalue weighted by molar-refractivity contribution is 5.82. The lowest BCUT2D eigenvalue weighted by Gasteiger charge is -2.31. The van der Waals surface area contributed by atoms with Crippen LogP contribution in [0.15, 0.2) is 38.0 Å². The summed E-state index contributed by atoms with van der Waals surface area (Å²) in [5.74, 6) is -1.84. The van der Waals surface area contributed by atoms with Gasteiger partial charge in [-0.05, 0) is 6.42 Å². The van der Waals surface area contributed by atoms with E-state index in [-0.39, 0.29) is 33.0 Å². The highest BCUT2D eigenvalue weighted by Crippen LogP contribution is 2.24. The zero-order chi connectivity index (χ0) is 29.7. The summed E-state index contributed by atoms with van der Waals surface area (Å²) in [5, 5.41) is 54.2. The minimum absolute atomic E-state index is 0.0802. The molecule has 0 aromatic rings. The first-order valence-corrected chi connectivity index (χ1v) is 11.6. The molecule has 0 amide bonds. The van der Waals surface area contributed by atoms with Crippen molar-refractivity contribution in [2.75, 3.05) is 72.7 Å². The lowest BCUT2D eigenvalue weighted by Crippen LogP contribution is -2.43. The lowest BCUT2D eigenvalue weighted by atomic mass is 9.88. The predicted octanol–water partition coefficient (Wildman–Crippen LogP) is -1.50. The van der Waals surface area contributed by atoms with Crippen LogP contribution in [0.5, 0.6) is 0 Å².